The van der Waals surface area contributed by atoms with Gasteiger partial charge in [-0.2, -0.15) is 0 Å². The van der Waals surface area contributed by atoms with Crippen molar-refractivity contribution in [2.24, 2.45) is 0 Å². The maximum atomic E-state index is 9.04. The normalized spacial score (nSPS) is 9.30. The molecule has 0 aliphatic rings. The molecule has 2 heteroatoms. The molecule has 1 N–H and O–H groups in total. The van der Waals surface area contributed by atoms with E-state index in [2.05, 4.69) is 11.6 Å². The Morgan fingerprint density at radius 1 is 1.60 bits per heavy atom. The van der Waals surface area contributed by atoms with Crippen LogP contribution in [0.2, 0.25) is 0 Å². The quantitative estimate of drug-likeness (QED) is 0.636. The first kappa shape index (κ1) is 6.81. The first-order chi connectivity index (χ1) is 4.74. The highest BCUT2D eigenvalue weighted by Crippen LogP contribution is 2.13. The summed E-state index contributed by atoms with van der Waals surface area (Å²) in [6, 6.07) is 3.33. The molecule has 0 unspecified atom stereocenters. The average Bonchev–Trinajstić information content (AvgIpc) is 1.95. The van der Waals surface area contributed by atoms with Crippen molar-refractivity contribution in [2.75, 3.05) is 0 Å². The molecule has 0 aliphatic heterocycles. The molecule has 0 radical (unpaired) electrons. The Bertz CT molecular complexity index is 255. The van der Waals surface area contributed by atoms with Gasteiger partial charge in [0.2, 0.25) is 0 Å². The van der Waals surface area contributed by atoms with Crippen LogP contribution in [0.3, 0.4) is 0 Å². The van der Waals surface area contributed by atoms with Crippen LogP contribution in [0.15, 0.2) is 18.7 Å². The SMILES string of the molecule is C=Cc1ccc(O)c(C)n1. The van der Waals surface area contributed by atoms with Crippen molar-refractivity contribution in [3.8, 4) is 5.75 Å². The Hall–Kier alpha value is -1.31. The third kappa shape index (κ3) is 1.16. The fourth-order valence-electron chi connectivity index (χ4n) is 0.687. The van der Waals surface area contributed by atoms with E-state index in [1.54, 1.807) is 25.1 Å². The molecule has 0 aliphatic carbocycles. The van der Waals surface area contributed by atoms with E-state index >= 15 is 0 Å². The van der Waals surface area contributed by atoms with Crippen molar-refractivity contribution in [1.29, 1.82) is 0 Å². The predicted molar refractivity (Wildman–Crippen MR) is 40.7 cm³/mol. The van der Waals surface area contributed by atoms with E-state index in [4.69, 9.17) is 5.11 Å². The molecule has 0 amide bonds. The molecule has 1 rings (SSSR count). The molecule has 10 heavy (non-hydrogen) atoms. The fraction of sp³-hybridized carbons (Fsp3) is 0.125. The maximum absolute atomic E-state index is 9.04. The lowest BCUT2D eigenvalue weighted by molar-refractivity contribution is 0.467. The molecule has 0 aromatic carbocycles. The van der Waals surface area contributed by atoms with E-state index < -0.39 is 0 Å². The second-order valence-corrected chi connectivity index (χ2v) is 2.04. The summed E-state index contributed by atoms with van der Waals surface area (Å²) in [5, 5.41) is 9.04. The second-order valence-electron chi connectivity index (χ2n) is 2.04. The van der Waals surface area contributed by atoms with Crippen LogP contribution in [0.4, 0.5) is 0 Å². The van der Waals surface area contributed by atoms with Gasteiger partial charge in [-0.05, 0) is 25.1 Å². The van der Waals surface area contributed by atoms with E-state index in [1.165, 1.54) is 0 Å². The van der Waals surface area contributed by atoms with Crippen LogP contribution in [-0.4, -0.2) is 10.1 Å². The molecule has 0 atom stereocenters. The third-order valence-corrected chi connectivity index (χ3v) is 1.29. The van der Waals surface area contributed by atoms with Crippen LogP contribution in [-0.2, 0) is 0 Å². The number of nitrogens with zero attached hydrogens (tertiary/aromatic N) is 1. The van der Waals surface area contributed by atoms with E-state index in [-0.39, 0.29) is 5.75 Å². The van der Waals surface area contributed by atoms with E-state index in [9.17, 15) is 0 Å². The molecule has 1 aromatic rings. The Labute approximate surface area is 59.9 Å². The van der Waals surface area contributed by atoms with Gasteiger partial charge in [-0.3, -0.25) is 0 Å². The standard InChI is InChI=1S/C8H9NO/c1-3-7-4-5-8(10)6(2)9-7/h3-5,10H,1H2,2H3. The zero-order chi connectivity index (χ0) is 7.56. The van der Waals surface area contributed by atoms with Crippen molar-refractivity contribution < 1.29 is 5.11 Å². The lowest BCUT2D eigenvalue weighted by Gasteiger charge is -1.97. The predicted octanol–water partition coefficient (Wildman–Crippen LogP) is 1.74. The summed E-state index contributed by atoms with van der Waals surface area (Å²) < 4.78 is 0. The van der Waals surface area contributed by atoms with E-state index in [0.717, 1.165) is 5.69 Å². The van der Waals surface area contributed by atoms with Crippen LogP contribution in [0, 0.1) is 6.92 Å². The van der Waals surface area contributed by atoms with Gasteiger partial charge >= 0.3 is 0 Å². The summed E-state index contributed by atoms with van der Waals surface area (Å²) in [7, 11) is 0. The Kier molecular flexibility index (Phi) is 1.71. The summed E-state index contributed by atoms with van der Waals surface area (Å²) >= 11 is 0. The van der Waals surface area contributed by atoms with Gasteiger partial charge in [0.25, 0.3) is 0 Å². The van der Waals surface area contributed by atoms with Gasteiger partial charge in [0.05, 0.1) is 11.4 Å². The molecule has 1 aromatic heterocycles. The van der Waals surface area contributed by atoms with E-state index in [1.807, 2.05) is 0 Å². The Balaban J connectivity index is 3.16. The van der Waals surface area contributed by atoms with Crippen molar-refractivity contribution in [3.05, 3.63) is 30.1 Å². The fourth-order valence-corrected chi connectivity index (χ4v) is 0.687. The highest BCUT2D eigenvalue weighted by molar-refractivity contribution is 5.43. The molecular formula is C8H9NO. The molecule has 2 nitrogen and oxygen atoms in total. The Morgan fingerprint density at radius 3 is 2.80 bits per heavy atom. The molecule has 0 fully saturated rings. The highest BCUT2D eigenvalue weighted by atomic mass is 16.3. The summed E-state index contributed by atoms with van der Waals surface area (Å²) in [6.45, 7) is 5.31. The zero-order valence-corrected chi connectivity index (χ0v) is 5.83. The van der Waals surface area contributed by atoms with Gasteiger partial charge in [0.1, 0.15) is 5.75 Å². The van der Waals surface area contributed by atoms with Crippen molar-refractivity contribution in [3.63, 3.8) is 0 Å². The lowest BCUT2D eigenvalue weighted by atomic mass is 10.3. The number of aromatic nitrogens is 1. The van der Waals surface area contributed by atoms with Crippen LogP contribution in [0.25, 0.3) is 6.08 Å². The number of hydrogen-bond acceptors (Lipinski definition) is 2. The molecule has 52 valence electrons. The third-order valence-electron chi connectivity index (χ3n) is 1.29. The molecule has 0 spiro atoms. The highest BCUT2D eigenvalue weighted by Gasteiger charge is 1.94. The molecule has 0 bridgehead atoms. The number of aromatic hydroxyl groups is 1. The lowest BCUT2D eigenvalue weighted by Crippen LogP contribution is -1.84. The molecular weight excluding hydrogens is 126 g/mol. The number of aryl methyl sites for hydroxylation is 1. The van der Waals surface area contributed by atoms with Gasteiger partial charge in [-0.15, -0.1) is 0 Å². The minimum absolute atomic E-state index is 0.227. The van der Waals surface area contributed by atoms with E-state index in [0.29, 0.717) is 5.69 Å². The summed E-state index contributed by atoms with van der Waals surface area (Å²) in [5.41, 5.74) is 1.42. The first-order valence-corrected chi connectivity index (χ1v) is 3.03. The molecule has 1 heterocycles. The van der Waals surface area contributed by atoms with Gasteiger partial charge in [-0.25, -0.2) is 4.98 Å². The van der Waals surface area contributed by atoms with Crippen LogP contribution in [0.5, 0.6) is 5.75 Å². The largest absolute Gasteiger partial charge is 0.506 e. The Morgan fingerprint density at radius 2 is 2.30 bits per heavy atom. The maximum Gasteiger partial charge on any atom is 0.136 e. The topological polar surface area (TPSA) is 33.1 Å². The van der Waals surface area contributed by atoms with Gasteiger partial charge < -0.3 is 5.11 Å². The number of rotatable bonds is 1. The molecule has 0 saturated heterocycles. The zero-order valence-electron chi connectivity index (χ0n) is 5.83. The minimum Gasteiger partial charge on any atom is -0.506 e. The average molecular weight is 135 g/mol. The summed E-state index contributed by atoms with van der Waals surface area (Å²) in [5.74, 6) is 0.227. The van der Waals surface area contributed by atoms with Gasteiger partial charge in [0.15, 0.2) is 0 Å². The van der Waals surface area contributed by atoms with Crippen LogP contribution < -0.4 is 0 Å². The van der Waals surface area contributed by atoms with Crippen molar-refractivity contribution >= 4 is 6.08 Å². The van der Waals surface area contributed by atoms with Gasteiger partial charge in [0, 0.05) is 0 Å². The van der Waals surface area contributed by atoms with Crippen molar-refractivity contribution in [1.82, 2.24) is 4.98 Å². The summed E-state index contributed by atoms with van der Waals surface area (Å²) in [4.78, 5) is 4.02. The van der Waals surface area contributed by atoms with Gasteiger partial charge in [-0.1, -0.05) is 6.58 Å². The van der Waals surface area contributed by atoms with Crippen LogP contribution in [0.1, 0.15) is 11.4 Å². The second kappa shape index (κ2) is 2.52. The minimum atomic E-state index is 0.227. The first-order valence-electron chi connectivity index (χ1n) is 3.03. The van der Waals surface area contributed by atoms with Crippen LogP contribution >= 0.6 is 0 Å². The van der Waals surface area contributed by atoms with Crippen molar-refractivity contribution in [2.45, 2.75) is 6.92 Å². The monoisotopic (exact) mass is 135 g/mol. The summed E-state index contributed by atoms with van der Waals surface area (Å²) in [6.07, 6.45) is 1.65. The number of pyridine rings is 1. The number of hydrogen-bond donors (Lipinski definition) is 1. The molecule has 0 saturated carbocycles. The smallest absolute Gasteiger partial charge is 0.136 e.